The fourth-order valence-electron chi connectivity index (χ4n) is 3.51. The van der Waals surface area contributed by atoms with Crippen molar-refractivity contribution in [2.75, 3.05) is 32.4 Å². The summed E-state index contributed by atoms with van der Waals surface area (Å²) in [7, 11) is 1.99. The minimum Gasteiger partial charge on any atom is -0.382 e. The number of fused-ring (bicyclic) bond motifs is 1. The average Bonchev–Trinajstić information content (AvgIpc) is 3.03. The third kappa shape index (κ3) is 2.62. The van der Waals surface area contributed by atoms with Gasteiger partial charge in [0.25, 0.3) is 0 Å². The quantitative estimate of drug-likeness (QED) is 0.765. The van der Waals surface area contributed by atoms with Gasteiger partial charge < -0.3 is 16.1 Å². The van der Waals surface area contributed by atoms with Crippen LogP contribution < -0.4 is 16.5 Å². The van der Waals surface area contributed by atoms with Gasteiger partial charge in [-0.3, -0.25) is 0 Å². The summed E-state index contributed by atoms with van der Waals surface area (Å²) in [5.74, 6) is 0.766. The molecule has 128 valence electrons. The molecule has 1 fully saturated rings. The summed E-state index contributed by atoms with van der Waals surface area (Å²) < 4.78 is 1.65. The molecular weight excluding hydrogens is 326 g/mol. The van der Waals surface area contributed by atoms with E-state index in [0.29, 0.717) is 16.8 Å². The Kier molecular flexibility index (Phi) is 4.07. The van der Waals surface area contributed by atoms with Gasteiger partial charge in [-0.05, 0) is 31.4 Å². The van der Waals surface area contributed by atoms with Crippen LogP contribution in [0.4, 0.5) is 5.82 Å². The first-order valence-corrected chi connectivity index (χ1v) is 8.73. The lowest BCUT2D eigenvalue weighted by molar-refractivity contribution is 0.320. The lowest BCUT2D eigenvalue weighted by atomic mass is 9.95. The molecule has 1 saturated heterocycles. The molecule has 0 aromatic carbocycles. The number of halogens is 1. The predicted molar refractivity (Wildman–Crippen MR) is 95.6 cm³/mol. The van der Waals surface area contributed by atoms with Gasteiger partial charge in [0.05, 0.1) is 11.9 Å². The summed E-state index contributed by atoms with van der Waals surface area (Å²) in [6, 6.07) is 0. The van der Waals surface area contributed by atoms with Crippen molar-refractivity contribution in [2.45, 2.75) is 25.2 Å². The molecule has 4 rings (SSSR count). The first kappa shape index (κ1) is 15.7. The van der Waals surface area contributed by atoms with Crippen LogP contribution >= 0.6 is 11.6 Å². The third-order valence-electron chi connectivity index (χ3n) is 4.78. The Balaban J connectivity index is 1.84. The SMILES string of the molecule is CN1C=C(c2cnn3c(N)c(Cl)c(C4CCCNC4)nc23)CCN1. The van der Waals surface area contributed by atoms with Gasteiger partial charge in [-0.1, -0.05) is 11.6 Å². The molecule has 7 nitrogen and oxygen atoms in total. The first-order chi connectivity index (χ1) is 11.6. The summed E-state index contributed by atoms with van der Waals surface area (Å²) in [5, 5.41) is 10.3. The van der Waals surface area contributed by atoms with Crippen LogP contribution in [0, 0.1) is 0 Å². The summed E-state index contributed by atoms with van der Waals surface area (Å²) in [5.41, 5.74) is 13.4. The van der Waals surface area contributed by atoms with Gasteiger partial charge in [0.15, 0.2) is 5.65 Å². The van der Waals surface area contributed by atoms with Gasteiger partial charge in [0.1, 0.15) is 10.8 Å². The molecule has 4 N–H and O–H groups in total. The molecule has 0 amide bonds. The van der Waals surface area contributed by atoms with E-state index in [4.69, 9.17) is 22.3 Å². The van der Waals surface area contributed by atoms with Crippen LogP contribution in [0.2, 0.25) is 5.02 Å². The predicted octanol–water partition coefficient (Wildman–Crippen LogP) is 1.61. The number of piperidine rings is 1. The Hall–Kier alpha value is -1.83. The maximum atomic E-state index is 6.51. The number of hydrogen-bond donors (Lipinski definition) is 3. The summed E-state index contributed by atoms with van der Waals surface area (Å²) >= 11 is 6.51. The zero-order valence-corrected chi connectivity index (χ0v) is 14.5. The van der Waals surface area contributed by atoms with Gasteiger partial charge in [-0.2, -0.15) is 9.61 Å². The number of nitrogens with two attached hydrogens (primary N) is 1. The van der Waals surface area contributed by atoms with Crippen molar-refractivity contribution < 1.29 is 0 Å². The topological polar surface area (TPSA) is 83.5 Å². The lowest BCUT2D eigenvalue weighted by Crippen LogP contribution is -2.34. The first-order valence-electron chi connectivity index (χ1n) is 8.36. The monoisotopic (exact) mass is 347 g/mol. The van der Waals surface area contributed by atoms with Crippen LogP contribution in [-0.2, 0) is 0 Å². The minimum absolute atomic E-state index is 0.297. The fourth-order valence-corrected chi connectivity index (χ4v) is 3.79. The molecule has 0 radical (unpaired) electrons. The number of aromatic nitrogens is 3. The van der Waals surface area contributed by atoms with E-state index in [0.717, 1.165) is 55.8 Å². The van der Waals surface area contributed by atoms with Crippen molar-refractivity contribution in [3.05, 3.63) is 28.7 Å². The standard InChI is InChI=1S/C16H22ClN7/c1-23-9-11(4-6-20-23)12-8-21-24-15(18)13(17)14(22-16(12)24)10-3-2-5-19-7-10/h8-10,19-20H,2-7,18H2,1H3. The van der Waals surface area contributed by atoms with Crippen LogP contribution in [0.25, 0.3) is 11.2 Å². The van der Waals surface area contributed by atoms with E-state index in [1.807, 2.05) is 18.3 Å². The second-order valence-corrected chi connectivity index (χ2v) is 6.83. The van der Waals surface area contributed by atoms with Gasteiger partial charge in [0, 0.05) is 37.8 Å². The van der Waals surface area contributed by atoms with Crippen LogP contribution in [0.15, 0.2) is 12.4 Å². The molecule has 0 bridgehead atoms. The Morgan fingerprint density at radius 2 is 2.25 bits per heavy atom. The van der Waals surface area contributed by atoms with Gasteiger partial charge in [-0.15, -0.1) is 0 Å². The van der Waals surface area contributed by atoms with E-state index in [1.54, 1.807) is 4.52 Å². The smallest absolute Gasteiger partial charge is 0.165 e. The molecule has 1 unspecified atom stereocenters. The van der Waals surface area contributed by atoms with E-state index >= 15 is 0 Å². The molecule has 2 aliphatic rings. The van der Waals surface area contributed by atoms with E-state index in [2.05, 4.69) is 22.0 Å². The highest BCUT2D eigenvalue weighted by Crippen LogP contribution is 2.34. The number of nitrogens with one attached hydrogen (secondary N) is 2. The van der Waals surface area contributed by atoms with Crippen LogP contribution in [-0.4, -0.2) is 46.3 Å². The maximum Gasteiger partial charge on any atom is 0.165 e. The molecule has 4 heterocycles. The van der Waals surface area contributed by atoms with Crippen LogP contribution in [0.1, 0.15) is 36.4 Å². The number of hydrazine groups is 1. The molecule has 2 aromatic heterocycles. The zero-order valence-electron chi connectivity index (χ0n) is 13.7. The molecular formula is C16H22ClN7. The van der Waals surface area contributed by atoms with Crippen molar-refractivity contribution in [3.63, 3.8) is 0 Å². The van der Waals surface area contributed by atoms with Gasteiger partial charge in [0.2, 0.25) is 0 Å². The van der Waals surface area contributed by atoms with E-state index in [-0.39, 0.29) is 0 Å². The molecule has 24 heavy (non-hydrogen) atoms. The Morgan fingerprint density at radius 1 is 1.38 bits per heavy atom. The third-order valence-corrected chi connectivity index (χ3v) is 5.17. The summed E-state index contributed by atoms with van der Waals surface area (Å²) in [6.07, 6.45) is 7.05. The van der Waals surface area contributed by atoms with Crippen molar-refractivity contribution in [1.29, 1.82) is 0 Å². The maximum absolute atomic E-state index is 6.51. The minimum atomic E-state index is 0.297. The average molecular weight is 348 g/mol. The highest BCUT2D eigenvalue weighted by Gasteiger charge is 2.24. The van der Waals surface area contributed by atoms with Crippen molar-refractivity contribution >= 4 is 28.6 Å². The largest absolute Gasteiger partial charge is 0.382 e. The number of nitrogen functional groups attached to an aromatic ring is 1. The molecule has 2 aliphatic heterocycles. The van der Waals surface area contributed by atoms with E-state index in [1.165, 1.54) is 5.57 Å². The van der Waals surface area contributed by atoms with E-state index in [9.17, 15) is 0 Å². The number of rotatable bonds is 2. The Bertz CT molecular complexity index is 791. The lowest BCUT2D eigenvalue weighted by Gasteiger charge is -2.24. The molecule has 1 atom stereocenters. The number of anilines is 1. The molecule has 2 aromatic rings. The Morgan fingerprint density at radius 3 is 3.00 bits per heavy atom. The summed E-state index contributed by atoms with van der Waals surface area (Å²) in [6.45, 7) is 2.83. The van der Waals surface area contributed by atoms with Crippen molar-refractivity contribution in [1.82, 2.24) is 30.3 Å². The zero-order chi connectivity index (χ0) is 16.7. The van der Waals surface area contributed by atoms with Crippen molar-refractivity contribution in [3.8, 4) is 0 Å². The van der Waals surface area contributed by atoms with Crippen LogP contribution in [0.5, 0.6) is 0 Å². The molecule has 0 spiro atoms. The Labute approximate surface area is 145 Å². The molecule has 0 saturated carbocycles. The second kappa shape index (κ2) is 6.23. The van der Waals surface area contributed by atoms with E-state index < -0.39 is 0 Å². The summed E-state index contributed by atoms with van der Waals surface area (Å²) in [4.78, 5) is 4.89. The fraction of sp³-hybridized carbons (Fsp3) is 0.500. The second-order valence-electron chi connectivity index (χ2n) is 6.46. The highest BCUT2D eigenvalue weighted by atomic mass is 35.5. The normalized spacial score (nSPS) is 22.0. The number of nitrogens with zero attached hydrogens (tertiary/aromatic N) is 4. The van der Waals surface area contributed by atoms with Gasteiger partial charge in [-0.25, -0.2) is 10.4 Å². The van der Waals surface area contributed by atoms with Crippen LogP contribution in [0.3, 0.4) is 0 Å². The van der Waals surface area contributed by atoms with Crippen molar-refractivity contribution in [2.24, 2.45) is 0 Å². The molecule has 0 aliphatic carbocycles. The van der Waals surface area contributed by atoms with Gasteiger partial charge >= 0.3 is 0 Å². The number of hydrogen-bond acceptors (Lipinski definition) is 6. The highest BCUT2D eigenvalue weighted by molar-refractivity contribution is 6.33. The molecule has 8 heteroatoms.